The first-order valence-corrected chi connectivity index (χ1v) is 8.75. The largest absolute Gasteiger partial charge is 0.497 e. The number of rotatable bonds is 5. The second-order valence-corrected chi connectivity index (χ2v) is 6.47. The van der Waals surface area contributed by atoms with Crippen LogP contribution >= 0.6 is 11.8 Å². The molecule has 3 aromatic heterocycles. The Balaban J connectivity index is 1.47. The van der Waals surface area contributed by atoms with Gasteiger partial charge >= 0.3 is 0 Å². The maximum absolute atomic E-state index is 5.73. The fourth-order valence-corrected chi connectivity index (χ4v) is 3.17. The van der Waals surface area contributed by atoms with Gasteiger partial charge in [-0.15, -0.1) is 10.2 Å². The third kappa shape index (κ3) is 3.23. The van der Waals surface area contributed by atoms with Gasteiger partial charge < -0.3 is 13.6 Å². The fourth-order valence-electron chi connectivity index (χ4n) is 2.53. The van der Waals surface area contributed by atoms with E-state index in [0.29, 0.717) is 16.9 Å². The molecule has 0 bridgehead atoms. The van der Waals surface area contributed by atoms with Crippen LogP contribution in [0.1, 0.15) is 11.3 Å². The van der Waals surface area contributed by atoms with Crippen LogP contribution in [0.15, 0.2) is 58.4 Å². The van der Waals surface area contributed by atoms with Crippen LogP contribution in [0.25, 0.3) is 17.1 Å². The molecule has 6 nitrogen and oxygen atoms in total. The first-order valence-electron chi connectivity index (χ1n) is 7.77. The fraction of sp³-hybridized carbons (Fsp3) is 0.167. The van der Waals surface area contributed by atoms with Gasteiger partial charge in [0.15, 0.2) is 0 Å². The first-order chi connectivity index (χ1) is 12.2. The van der Waals surface area contributed by atoms with Gasteiger partial charge in [-0.3, -0.25) is 0 Å². The van der Waals surface area contributed by atoms with Crippen molar-refractivity contribution in [1.29, 1.82) is 0 Å². The van der Waals surface area contributed by atoms with E-state index < -0.39 is 0 Å². The number of aryl methyl sites for hydroxylation is 1. The summed E-state index contributed by atoms with van der Waals surface area (Å²) in [5.41, 5.74) is 3.97. The van der Waals surface area contributed by atoms with Crippen LogP contribution < -0.4 is 4.74 Å². The third-order valence-corrected chi connectivity index (χ3v) is 4.67. The lowest BCUT2D eigenvalue weighted by Gasteiger charge is -1.99. The molecule has 4 rings (SSSR count). The van der Waals surface area contributed by atoms with E-state index in [1.165, 1.54) is 11.8 Å². The Morgan fingerprint density at radius 3 is 2.76 bits per heavy atom. The van der Waals surface area contributed by atoms with Crippen molar-refractivity contribution < 1.29 is 9.15 Å². The highest BCUT2D eigenvalue weighted by Gasteiger charge is 2.11. The topological polar surface area (TPSA) is 65.5 Å². The molecule has 0 unspecified atom stereocenters. The predicted octanol–water partition coefficient (Wildman–Crippen LogP) is 3.99. The van der Waals surface area contributed by atoms with Gasteiger partial charge in [0.2, 0.25) is 5.89 Å². The Morgan fingerprint density at radius 1 is 1.16 bits per heavy atom. The monoisotopic (exact) mass is 352 g/mol. The number of benzene rings is 1. The summed E-state index contributed by atoms with van der Waals surface area (Å²) in [6, 6.07) is 11.6. The molecule has 0 radical (unpaired) electrons. The second-order valence-electron chi connectivity index (χ2n) is 5.54. The van der Waals surface area contributed by atoms with Gasteiger partial charge in [-0.25, -0.2) is 4.98 Å². The summed E-state index contributed by atoms with van der Waals surface area (Å²) in [4.78, 5) is 4.65. The minimum Gasteiger partial charge on any atom is -0.497 e. The number of ether oxygens (including phenoxy) is 1. The molecule has 126 valence electrons. The Labute approximate surface area is 148 Å². The molecule has 7 heteroatoms. The maximum Gasteiger partial charge on any atom is 0.277 e. The van der Waals surface area contributed by atoms with Crippen molar-refractivity contribution in [3.8, 4) is 17.2 Å². The number of imidazole rings is 1. The first kappa shape index (κ1) is 15.7. The predicted molar refractivity (Wildman–Crippen MR) is 95.8 cm³/mol. The zero-order chi connectivity index (χ0) is 17.2. The summed E-state index contributed by atoms with van der Waals surface area (Å²) in [6.45, 7) is 2.05. The minimum absolute atomic E-state index is 0.496. The van der Waals surface area contributed by atoms with Crippen molar-refractivity contribution in [1.82, 2.24) is 19.6 Å². The summed E-state index contributed by atoms with van der Waals surface area (Å²) in [5.74, 6) is 1.96. The van der Waals surface area contributed by atoms with Crippen molar-refractivity contribution in [2.24, 2.45) is 0 Å². The van der Waals surface area contributed by atoms with E-state index in [0.717, 1.165) is 28.2 Å². The van der Waals surface area contributed by atoms with Gasteiger partial charge in [0.05, 0.1) is 12.8 Å². The zero-order valence-corrected chi connectivity index (χ0v) is 14.7. The molecule has 0 atom stereocenters. The molecule has 0 fully saturated rings. The summed E-state index contributed by atoms with van der Waals surface area (Å²) in [7, 11) is 1.64. The van der Waals surface area contributed by atoms with Crippen molar-refractivity contribution >= 4 is 17.4 Å². The molecule has 3 heterocycles. The normalized spacial score (nSPS) is 11.1. The Kier molecular flexibility index (Phi) is 4.15. The molecule has 25 heavy (non-hydrogen) atoms. The number of methoxy groups -OCH3 is 1. The lowest BCUT2D eigenvalue weighted by atomic mass is 10.2. The third-order valence-electron chi connectivity index (χ3n) is 3.81. The summed E-state index contributed by atoms with van der Waals surface area (Å²) < 4.78 is 12.9. The summed E-state index contributed by atoms with van der Waals surface area (Å²) in [5, 5.41) is 8.74. The van der Waals surface area contributed by atoms with Gasteiger partial charge in [-0.05, 0) is 42.8 Å². The molecule has 0 saturated carbocycles. The number of fused-ring (bicyclic) bond motifs is 1. The van der Waals surface area contributed by atoms with Crippen molar-refractivity contribution in [3.63, 3.8) is 0 Å². The minimum atomic E-state index is 0.496. The van der Waals surface area contributed by atoms with E-state index in [-0.39, 0.29) is 0 Å². The van der Waals surface area contributed by atoms with Crippen LogP contribution in [-0.4, -0.2) is 26.7 Å². The number of thioether (sulfide) groups is 1. The lowest BCUT2D eigenvalue weighted by molar-refractivity contribution is 0.414. The second kappa shape index (κ2) is 6.60. The molecular weight excluding hydrogens is 336 g/mol. The highest BCUT2D eigenvalue weighted by molar-refractivity contribution is 7.98. The van der Waals surface area contributed by atoms with Crippen molar-refractivity contribution in [3.05, 3.63) is 60.0 Å². The molecule has 0 saturated heterocycles. The molecule has 4 aromatic rings. The van der Waals surface area contributed by atoms with Gasteiger partial charge in [0, 0.05) is 23.7 Å². The SMILES string of the molecule is COc1ccc(-c2nnc(SCc3cn4cccc(C)c4n3)o2)cc1. The quantitative estimate of drug-likeness (QED) is 0.506. The molecule has 0 aliphatic heterocycles. The van der Waals surface area contributed by atoms with Gasteiger partial charge in [-0.1, -0.05) is 17.8 Å². The van der Waals surface area contributed by atoms with Crippen LogP contribution in [0.5, 0.6) is 5.75 Å². The number of hydrogen-bond acceptors (Lipinski definition) is 6. The number of aromatic nitrogens is 4. The van der Waals surface area contributed by atoms with Crippen LogP contribution in [0.3, 0.4) is 0 Å². The highest BCUT2D eigenvalue weighted by Crippen LogP contribution is 2.26. The molecule has 0 aliphatic rings. The molecule has 0 aliphatic carbocycles. The Hall–Kier alpha value is -2.80. The highest BCUT2D eigenvalue weighted by atomic mass is 32.2. The Bertz CT molecular complexity index is 1010. The average Bonchev–Trinajstić information content (AvgIpc) is 3.27. The van der Waals surface area contributed by atoms with Crippen LogP contribution in [0, 0.1) is 6.92 Å². The van der Waals surface area contributed by atoms with Crippen molar-refractivity contribution in [2.45, 2.75) is 17.9 Å². The van der Waals surface area contributed by atoms with Crippen LogP contribution in [0.2, 0.25) is 0 Å². The van der Waals surface area contributed by atoms with E-state index >= 15 is 0 Å². The van der Waals surface area contributed by atoms with E-state index in [2.05, 4.69) is 28.2 Å². The molecule has 0 amide bonds. The molecular formula is C18H16N4O2S. The van der Waals surface area contributed by atoms with E-state index in [9.17, 15) is 0 Å². The standard InChI is InChI=1S/C18H16N4O2S/c1-12-4-3-9-22-10-14(19-16(12)22)11-25-18-21-20-17(24-18)13-5-7-15(23-2)8-6-13/h3-10H,11H2,1-2H3. The molecule has 0 spiro atoms. The average molecular weight is 352 g/mol. The van der Waals surface area contributed by atoms with E-state index in [4.69, 9.17) is 9.15 Å². The summed E-state index contributed by atoms with van der Waals surface area (Å²) >= 11 is 1.48. The maximum atomic E-state index is 5.73. The van der Waals surface area contributed by atoms with Gasteiger partial charge in [0.25, 0.3) is 5.22 Å². The number of nitrogens with zero attached hydrogens (tertiary/aromatic N) is 4. The zero-order valence-electron chi connectivity index (χ0n) is 13.8. The van der Waals surface area contributed by atoms with E-state index in [1.54, 1.807) is 7.11 Å². The van der Waals surface area contributed by atoms with E-state index in [1.807, 2.05) is 47.1 Å². The van der Waals surface area contributed by atoms with Gasteiger partial charge in [0.1, 0.15) is 11.4 Å². The van der Waals surface area contributed by atoms with Crippen molar-refractivity contribution in [2.75, 3.05) is 7.11 Å². The van der Waals surface area contributed by atoms with Crippen LogP contribution in [0.4, 0.5) is 0 Å². The number of pyridine rings is 1. The molecule has 0 N–H and O–H groups in total. The number of hydrogen-bond donors (Lipinski definition) is 0. The van der Waals surface area contributed by atoms with Gasteiger partial charge in [-0.2, -0.15) is 0 Å². The smallest absolute Gasteiger partial charge is 0.277 e. The Morgan fingerprint density at radius 2 is 2.00 bits per heavy atom. The lowest BCUT2D eigenvalue weighted by Crippen LogP contribution is -1.84. The van der Waals surface area contributed by atoms with Crippen LogP contribution in [-0.2, 0) is 5.75 Å². The summed E-state index contributed by atoms with van der Waals surface area (Å²) in [6.07, 6.45) is 4.02. The molecule has 1 aromatic carbocycles.